The van der Waals surface area contributed by atoms with E-state index in [0.717, 1.165) is 12.8 Å². The Kier molecular flexibility index (Phi) is 2.99. The molecule has 0 heterocycles. The number of carbonyl (C=O) groups excluding carboxylic acids is 2. The topological polar surface area (TPSA) is 81.4 Å². The molecule has 0 unspecified atom stereocenters. The molecule has 3 N–H and O–H groups in total. The average Bonchev–Trinajstić information content (AvgIpc) is 3.11. The second kappa shape index (κ2) is 4.45. The fourth-order valence-corrected chi connectivity index (χ4v) is 1.46. The van der Waals surface area contributed by atoms with Gasteiger partial charge in [0.05, 0.1) is 6.10 Å². The van der Waals surface area contributed by atoms with E-state index in [4.69, 9.17) is 10.5 Å². The number of amides is 2. The summed E-state index contributed by atoms with van der Waals surface area (Å²) in [6.45, 7) is 0. The fourth-order valence-electron chi connectivity index (χ4n) is 1.46. The number of carbonyl (C=O) groups is 2. The Morgan fingerprint density at radius 3 is 2.47 bits per heavy atom. The Hall–Kier alpha value is -2.04. The molecule has 0 aliphatic heterocycles. The van der Waals surface area contributed by atoms with E-state index in [9.17, 15) is 9.59 Å². The molecule has 1 aliphatic rings. The second-order valence-corrected chi connectivity index (χ2v) is 4.01. The van der Waals surface area contributed by atoms with Crippen molar-refractivity contribution in [3.8, 4) is 5.75 Å². The summed E-state index contributed by atoms with van der Waals surface area (Å²) in [5, 5.41) is 2.50. The van der Waals surface area contributed by atoms with Crippen molar-refractivity contribution in [2.75, 3.05) is 7.05 Å². The van der Waals surface area contributed by atoms with Crippen LogP contribution in [-0.4, -0.2) is 25.0 Å². The van der Waals surface area contributed by atoms with Crippen molar-refractivity contribution in [1.29, 1.82) is 0 Å². The molecule has 2 amide bonds. The monoisotopic (exact) mass is 234 g/mol. The third-order valence-electron chi connectivity index (χ3n) is 2.51. The number of hydrogen-bond donors (Lipinski definition) is 2. The van der Waals surface area contributed by atoms with Gasteiger partial charge in [0.2, 0.25) is 5.91 Å². The van der Waals surface area contributed by atoms with Gasteiger partial charge < -0.3 is 15.8 Å². The molecular weight excluding hydrogens is 220 g/mol. The average molecular weight is 234 g/mol. The van der Waals surface area contributed by atoms with Crippen LogP contribution in [0.15, 0.2) is 18.2 Å². The van der Waals surface area contributed by atoms with Crippen molar-refractivity contribution >= 4 is 11.8 Å². The molecule has 1 saturated carbocycles. The smallest absolute Gasteiger partial charge is 0.251 e. The van der Waals surface area contributed by atoms with Gasteiger partial charge in [0.25, 0.3) is 5.91 Å². The molecule has 0 radical (unpaired) electrons. The van der Waals surface area contributed by atoms with Crippen LogP contribution in [0.4, 0.5) is 0 Å². The lowest BCUT2D eigenvalue weighted by Crippen LogP contribution is -2.19. The minimum Gasteiger partial charge on any atom is -0.490 e. The summed E-state index contributed by atoms with van der Waals surface area (Å²) in [5.41, 5.74) is 5.87. The first-order chi connectivity index (χ1) is 8.10. The van der Waals surface area contributed by atoms with E-state index in [1.165, 1.54) is 13.1 Å². The van der Waals surface area contributed by atoms with Gasteiger partial charge in [0.1, 0.15) is 5.75 Å². The summed E-state index contributed by atoms with van der Waals surface area (Å²) < 4.78 is 5.56. The summed E-state index contributed by atoms with van der Waals surface area (Å²) >= 11 is 0. The van der Waals surface area contributed by atoms with Gasteiger partial charge >= 0.3 is 0 Å². The van der Waals surface area contributed by atoms with E-state index in [-0.39, 0.29) is 17.6 Å². The number of nitrogens with one attached hydrogen (secondary N) is 1. The lowest BCUT2D eigenvalue weighted by molar-refractivity contribution is 0.0962. The molecule has 0 saturated heterocycles. The molecule has 5 heteroatoms. The van der Waals surface area contributed by atoms with Crippen LogP contribution in [0.25, 0.3) is 0 Å². The molecule has 2 rings (SSSR count). The van der Waals surface area contributed by atoms with Gasteiger partial charge in [-0.3, -0.25) is 9.59 Å². The zero-order chi connectivity index (χ0) is 12.4. The lowest BCUT2D eigenvalue weighted by atomic mass is 10.1. The van der Waals surface area contributed by atoms with Crippen molar-refractivity contribution in [3.63, 3.8) is 0 Å². The molecule has 17 heavy (non-hydrogen) atoms. The maximum absolute atomic E-state index is 11.5. The van der Waals surface area contributed by atoms with Crippen LogP contribution in [0.1, 0.15) is 33.6 Å². The van der Waals surface area contributed by atoms with Crippen molar-refractivity contribution in [1.82, 2.24) is 5.32 Å². The van der Waals surface area contributed by atoms with Crippen LogP contribution in [0.2, 0.25) is 0 Å². The predicted octanol–water partition coefficient (Wildman–Crippen LogP) is 0.686. The Bertz CT molecular complexity index is 467. The SMILES string of the molecule is CNC(=O)c1cc(OC2CC2)cc(C(N)=O)c1. The van der Waals surface area contributed by atoms with Gasteiger partial charge in [0, 0.05) is 18.2 Å². The quantitative estimate of drug-likeness (QED) is 0.804. The van der Waals surface area contributed by atoms with Crippen LogP contribution >= 0.6 is 0 Å². The summed E-state index contributed by atoms with van der Waals surface area (Å²) in [5.74, 6) is -0.326. The number of ether oxygens (including phenoxy) is 1. The predicted molar refractivity (Wildman–Crippen MR) is 62.0 cm³/mol. The molecule has 0 aromatic heterocycles. The Morgan fingerprint density at radius 1 is 1.29 bits per heavy atom. The van der Waals surface area contributed by atoms with E-state index in [2.05, 4.69) is 5.32 Å². The Morgan fingerprint density at radius 2 is 1.94 bits per heavy atom. The zero-order valence-corrected chi connectivity index (χ0v) is 9.53. The first-order valence-electron chi connectivity index (χ1n) is 5.44. The highest BCUT2D eigenvalue weighted by molar-refractivity contribution is 5.99. The first kappa shape index (κ1) is 11.4. The number of hydrogen-bond acceptors (Lipinski definition) is 3. The van der Waals surface area contributed by atoms with Gasteiger partial charge in [-0.25, -0.2) is 0 Å². The van der Waals surface area contributed by atoms with Crippen LogP contribution in [0.3, 0.4) is 0 Å². The fraction of sp³-hybridized carbons (Fsp3) is 0.333. The first-order valence-corrected chi connectivity index (χ1v) is 5.44. The molecule has 1 fully saturated rings. The van der Waals surface area contributed by atoms with E-state index in [1.807, 2.05) is 0 Å². The van der Waals surface area contributed by atoms with Gasteiger partial charge in [-0.1, -0.05) is 0 Å². The molecule has 0 atom stereocenters. The van der Waals surface area contributed by atoms with Crippen LogP contribution in [0, 0.1) is 0 Å². The maximum Gasteiger partial charge on any atom is 0.251 e. The number of nitrogens with two attached hydrogens (primary N) is 1. The molecule has 5 nitrogen and oxygen atoms in total. The minimum absolute atomic E-state index is 0.204. The van der Waals surface area contributed by atoms with Crippen LogP contribution < -0.4 is 15.8 Å². The summed E-state index contributed by atoms with van der Waals surface area (Å²) in [6.07, 6.45) is 2.22. The van der Waals surface area contributed by atoms with Gasteiger partial charge in [-0.15, -0.1) is 0 Å². The lowest BCUT2D eigenvalue weighted by Gasteiger charge is -2.08. The highest BCUT2D eigenvalue weighted by Gasteiger charge is 2.24. The van der Waals surface area contributed by atoms with Crippen LogP contribution in [0.5, 0.6) is 5.75 Å². The van der Waals surface area contributed by atoms with E-state index in [1.54, 1.807) is 12.1 Å². The third kappa shape index (κ3) is 2.75. The van der Waals surface area contributed by atoms with Crippen molar-refractivity contribution < 1.29 is 14.3 Å². The van der Waals surface area contributed by atoms with E-state index >= 15 is 0 Å². The Balaban J connectivity index is 2.33. The summed E-state index contributed by atoms with van der Waals surface area (Å²) in [6, 6.07) is 4.64. The molecule has 1 aromatic carbocycles. The van der Waals surface area contributed by atoms with Gasteiger partial charge in [0.15, 0.2) is 0 Å². The highest BCUT2D eigenvalue weighted by atomic mass is 16.5. The zero-order valence-electron chi connectivity index (χ0n) is 9.53. The number of primary amides is 1. The number of benzene rings is 1. The van der Waals surface area contributed by atoms with Crippen molar-refractivity contribution in [2.24, 2.45) is 5.73 Å². The molecule has 0 bridgehead atoms. The molecule has 0 spiro atoms. The molecular formula is C12H14N2O3. The maximum atomic E-state index is 11.5. The normalized spacial score (nSPS) is 14.2. The molecule has 90 valence electrons. The van der Waals surface area contributed by atoms with Gasteiger partial charge in [-0.2, -0.15) is 0 Å². The Labute approximate surface area is 98.9 Å². The minimum atomic E-state index is -0.573. The number of rotatable bonds is 4. The van der Waals surface area contributed by atoms with E-state index in [0.29, 0.717) is 11.3 Å². The standard InChI is InChI=1S/C12H14N2O3/c1-14-12(16)8-4-7(11(13)15)5-10(6-8)17-9-2-3-9/h4-6,9H,2-3H2,1H3,(H2,13,15)(H,14,16). The molecule has 1 aromatic rings. The summed E-state index contributed by atoms with van der Waals surface area (Å²) in [7, 11) is 1.53. The van der Waals surface area contributed by atoms with Gasteiger partial charge in [-0.05, 0) is 31.0 Å². The van der Waals surface area contributed by atoms with Crippen molar-refractivity contribution in [2.45, 2.75) is 18.9 Å². The highest BCUT2D eigenvalue weighted by Crippen LogP contribution is 2.28. The van der Waals surface area contributed by atoms with Crippen molar-refractivity contribution in [3.05, 3.63) is 29.3 Å². The largest absolute Gasteiger partial charge is 0.490 e. The second-order valence-electron chi connectivity index (χ2n) is 4.01. The molecule has 1 aliphatic carbocycles. The summed E-state index contributed by atoms with van der Waals surface area (Å²) in [4.78, 5) is 22.7. The van der Waals surface area contributed by atoms with E-state index < -0.39 is 5.91 Å². The van der Waals surface area contributed by atoms with Crippen LogP contribution in [-0.2, 0) is 0 Å². The third-order valence-corrected chi connectivity index (χ3v) is 2.51.